The number of hydrogen-bond acceptors (Lipinski definition) is 1. The van der Waals surface area contributed by atoms with Crippen molar-refractivity contribution in [2.75, 3.05) is 13.6 Å². The lowest BCUT2D eigenvalue weighted by Gasteiger charge is -2.36. The molecule has 0 aromatic rings. The molecular weight excluding hydrogens is 158 g/mol. The average Bonchev–Trinajstić information content (AvgIpc) is 2.03. The molecule has 0 N–H and O–H groups in total. The zero-order chi connectivity index (χ0) is 10.5. The van der Waals surface area contributed by atoms with Crippen molar-refractivity contribution in [2.24, 2.45) is 5.41 Å². The maximum atomic E-state index is 2.43. The first-order valence-corrected chi connectivity index (χ1v) is 5.29. The minimum atomic E-state index is 0.276. The Kier molecular flexibility index (Phi) is 5.31. The molecule has 13 heavy (non-hydrogen) atoms. The summed E-state index contributed by atoms with van der Waals surface area (Å²) in [7, 11) is 2.21. The fourth-order valence-electron chi connectivity index (χ4n) is 1.68. The van der Waals surface area contributed by atoms with E-state index >= 15 is 0 Å². The predicted molar refractivity (Wildman–Crippen MR) is 61.0 cm³/mol. The third-order valence-electron chi connectivity index (χ3n) is 2.91. The van der Waals surface area contributed by atoms with Crippen LogP contribution >= 0.6 is 0 Å². The van der Waals surface area contributed by atoms with E-state index < -0.39 is 0 Å². The molecule has 1 heteroatoms. The van der Waals surface area contributed by atoms with Gasteiger partial charge in [0.05, 0.1) is 0 Å². The van der Waals surface area contributed by atoms with Crippen molar-refractivity contribution in [3.63, 3.8) is 0 Å². The molecule has 0 rings (SSSR count). The summed E-state index contributed by atoms with van der Waals surface area (Å²) < 4.78 is 0. The Bertz CT molecular complexity index is 159. The summed E-state index contributed by atoms with van der Waals surface area (Å²) in [6.45, 7) is 12.4. The molecule has 1 nitrogen and oxygen atoms in total. The smallest absolute Gasteiger partial charge is 0.0150 e. The van der Waals surface area contributed by atoms with Gasteiger partial charge in [-0.1, -0.05) is 32.9 Å². The van der Waals surface area contributed by atoms with E-state index in [9.17, 15) is 0 Å². The molecule has 0 aliphatic rings. The van der Waals surface area contributed by atoms with E-state index in [2.05, 4.69) is 58.7 Å². The molecule has 1 atom stereocenters. The van der Waals surface area contributed by atoms with E-state index in [1.54, 1.807) is 0 Å². The molecule has 0 saturated heterocycles. The van der Waals surface area contributed by atoms with Crippen molar-refractivity contribution in [2.45, 2.75) is 47.1 Å². The van der Waals surface area contributed by atoms with Crippen LogP contribution in [0.15, 0.2) is 12.2 Å². The highest BCUT2D eigenvalue weighted by atomic mass is 15.1. The van der Waals surface area contributed by atoms with Gasteiger partial charge >= 0.3 is 0 Å². The maximum absolute atomic E-state index is 2.43. The van der Waals surface area contributed by atoms with Crippen LogP contribution < -0.4 is 0 Å². The molecule has 0 aliphatic heterocycles. The van der Waals surface area contributed by atoms with Crippen molar-refractivity contribution < 1.29 is 0 Å². The molecule has 78 valence electrons. The molecule has 0 bridgehead atoms. The second-order valence-electron chi connectivity index (χ2n) is 4.48. The number of rotatable bonds is 5. The molecule has 0 amide bonds. The highest BCUT2D eigenvalue weighted by molar-refractivity contribution is 4.98. The van der Waals surface area contributed by atoms with E-state index in [1.807, 2.05) is 0 Å². The first-order valence-electron chi connectivity index (χ1n) is 5.29. The van der Waals surface area contributed by atoms with Gasteiger partial charge in [0.25, 0.3) is 0 Å². The Hall–Kier alpha value is -0.300. The summed E-state index contributed by atoms with van der Waals surface area (Å²) in [6.07, 6.45) is 5.67. The van der Waals surface area contributed by atoms with Crippen LogP contribution in [-0.2, 0) is 0 Å². The minimum Gasteiger partial charge on any atom is -0.303 e. The van der Waals surface area contributed by atoms with Gasteiger partial charge < -0.3 is 4.90 Å². The Morgan fingerprint density at radius 2 is 1.92 bits per heavy atom. The van der Waals surface area contributed by atoms with E-state index in [-0.39, 0.29) is 5.41 Å². The molecule has 0 radical (unpaired) electrons. The summed E-state index contributed by atoms with van der Waals surface area (Å²) in [5.74, 6) is 0. The molecule has 0 fully saturated rings. The van der Waals surface area contributed by atoms with Crippen LogP contribution in [0, 0.1) is 5.41 Å². The largest absolute Gasteiger partial charge is 0.303 e. The van der Waals surface area contributed by atoms with E-state index in [1.165, 1.54) is 13.0 Å². The SMILES string of the molecule is CC=CC(C)(C)C(C)N(C)CCC. The Labute approximate surface area is 83.8 Å². The molecule has 0 aliphatic carbocycles. The zero-order valence-corrected chi connectivity index (χ0v) is 10.1. The van der Waals surface area contributed by atoms with Crippen LogP contribution in [0.2, 0.25) is 0 Å². The monoisotopic (exact) mass is 183 g/mol. The summed E-state index contributed by atoms with van der Waals surface area (Å²) in [5.41, 5.74) is 0.276. The quantitative estimate of drug-likeness (QED) is 0.591. The van der Waals surface area contributed by atoms with Crippen LogP contribution in [-0.4, -0.2) is 24.5 Å². The van der Waals surface area contributed by atoms with E-state index in [0.29, 0.717) is 6.04 Å². The Morgan fingerprint density at radius 3 is 2.31 bits per heavy atom. The Balaban J connectivity index is 4.29. The summed E-state index contributed by atoms with van der Waals surface area (Å²) in [5, 5.41) is 0. The van der Waals surface area contributed by atoms with Gasteiger partial charge in [0.1, 0.15) is 0 Å². The predicted octanol–water partition coefficient (Wildman–Crippen LogP) is 3.32. The second-order valence-corrected chi connectivity index (χ2v) is 4.48. The lowest BCUT2D eigenvalue weighted by molar-refractivity contribution is 0.162. The normalized spacial score (nSPS) is 15.6. The second kappa shape index (κ2) is 5.43. The van der Waals surface area contributed by atoms with Crippen LogP contribution in [0.25, 0.3) is 0 Å². The lowest BCUT2D eigenvalue weighted by Crippen LogP contribution is -2.40. The number of nitrogens with zero attached hydrogens (tertiary/aromatic N) is 1. The first-order chi connectivity index (χ1) is 5.95. The van der Waals surface area contributed by atoms with Crippen molar-refractivity contribution in [1.82, 2.24) is 4.90 Å². The Morgan fingerprint density at radius 1 is 1.38 bits per heavy atom. The first kappa shape index (κ1) is 12.7. The average molecular weight is 183 g/mol. The highest BCUT2D eigenvalue weighted by Crippen LogP contribution is 2.25. The number of allylic oxidation sites excluding steroid dienone is 1. The van der Waals surface area contributed by atoms with Crippen LogP contribution in [0.3, 0.4) is 0 Å². The van der Waals surface area contributed by atoms with Gasteiger partial charge in [-0.05, 0) is 39.3 Å². The maximum Gasteiger partial charge on any atom is 0.0150 e. The van der Waals surface area contributed by atoms with Crippen LogP contribution in [0.1, 0.15) is 41.0 Å². The fourth-order valence-corrected chi connectivity index (χ4v) is 1.68. The van der Waals surface area contributed by atoms with Crippen LogP contribution in [0.5, 0.6) is 0 Å². The topological polar surface area (TPSA) is 3.24 Å². The summed E-state index contributed by atoms with van der Waals surface area (Å²) in [6, 6.07) is 0.601. The summed E-state index contributed by atoms with van der Waals surface area (Å²) in [4.78, 5) is 2.43. The van der Waals surface area contributed by atoms with Crippen molar-refractivity contribution in [3.8, 4) is 0 Å². The molecule has 0 saturated carbocycles. The highest BCUT2D eigenvalue weighted by Gasteiger charge is 2.25. The van der Waals surface area contributed by atoms with Crippen LogP contribution in [0.4, 0.5) is 0 Å². The lowest BCUT2D eigenvalue weighted by atomic mass is 9.84. The van der Waals surface area contributed by atoms with Gasteiger partial charge in [-0.3, -0.25) is 0 Å². The van der Waals surface area contributed by atoms with Gasteiger partial charge in [-0.15, -0.1) is 0 Å². The van der Waals surface area contributed by atoms with Gasteiger partial charge in [0.15, 0.2) is 0 Å². The number of hydrogen-bond donors (Lipinski definition) is 0. The van der Waals surface area contributed by atoms with E-state index in [0.717, 1.165) is 0 Å². The van der Waals surface area contributed by atoms with Gasteiger partial charge in [0.2, 0.25) is 0 Å². The summed E-state index contributed by atoms with van der Waals surface area (Å²) >= 11 is 0. The van der Waals surface area contributed by atoms with Gasteiger partial charge in [0, 0.05) is 6.04 Å². The molecular formula is C12H25N. The van der Waals surface area contributed by atoms with E-state index in [4.69, 9.17) is 0 Å². The zero-order valence-electron chi connectivity index (χ0n) is 10.1. The fraction of sp³-hybridized carbons (Fsp3) is 0.833. The third kappa shape index (κ3) is 3.95. The third-order valence-corrected chi connectivity index (χ3v) is 2.91. The molecule has 0 heterocycles. The minimum absolute atomic E-state index is 0.276. The van der Waals surface area contributed by atoms with Gasteiger partial charge in [-0.2, -0.15) is 0 Å². The van der Waals surface area contributed by atoms with Crippen molar-refractivity contribution >= 4 is 0 Å². The van der Waals surface area contributed by atoms with Crippen molar-refractivity contribution in [3.05, 3.63) is 12.2 Å². The standard InChI is InChI=1S/C12H25N/c1-7-9-12(4,5)11(3)13(6)10-8-2/h7,9,11H,8,10H2,1-6H3. The molecule has 1 unspecified atom stereocenters. The molecule has 0 spiro atoms. The molecule has 0 aromatic carbocycles. The molecule has 0 aromatic heterocycles. The van der Waals surface area contributed by atoms with Gasteiger partial charge in [-0.25, -0.2) is 0 Å². The van der Waals surface area contributed by atoms with Crippen molar-refractivity contribution in [1.29, 1.82) is 0 Å².